The molecule has 2 aromatic carbocycles. The monoisotopic (exact) mass is 422 g/mol. The Kier molecular flexibility index (Phi) is 6.02. The van der Waals surface area contributed by atoms with E-state index >= 15 is 0 Å². The van der Waals surface area contributed by atoms with Crippen molar-refractivity contribution in [2.45, 2.75) is 57.6 Å². The quantitative estimate of drug-likeness (QED) is 0.546. The van der Waals surface area contributed by atoms with E-state index < -0.39 is 12.1 Å². The van der Waals surface area contributed by atoms with Crippen molar-refractivity contribution in [1.82, 2.24) is 10.2 Å². The van der Waals surface area contributed by atoms with Crippen molar-refractivity contribution in [3.05, 3.63) is 47.5 Å². The number of carbonyl (C=O) groups excluding carboxylic acids is 4. The smallest absolute Gasteiger partial charge is 0.306 e. The van der Waals surface area contributed by atoms with Crippen LogP contribution in [0.1, 0.15) is 66.2 Å². The molecule has 2 aromatic rings. The molecule has 162 valence electrons. The third-order valence-electron chi connectivity index (χ3n) is 6.00. The van der Waals surface area contributed by atoms with E-state index in [1.165, 1.54) is 4.90 Å². The molecule has 1 unspecified atom stereocenters. The number of nitrogens with zero attached hydrogens (tertiary/aromatic N) is 1. The molecule has 3 amide bonds. The van der Waals surface area contributed by atoms with Crippen LogP contribution in [0.25, 0.3) is 10.8 Å². The van der Waals surface area contributed by atoms with E-state index in [2.05, 4.69) is 5.32 Å². The standard InChI is InChI=1S/C24H26N2O5/c1-15(22(28)25-17-9-2-3-10-17)31-20(27)13-6-14-26-23(29)18-11-4-7-16-8-5-12-19(21(16)18)24(26)30/h4-5,7-8,11-12,15,17H,2-3,6,9-10,13-14H2,1H3,(H,25,28). The molecule has 7 nitrogen and oxygen atoms in total. The van der Waals surface area contributed by atoms with Crippen molar-refractivity contribution >= 4 is 34.5 Å². The molecule has 1 aliphatic carbocycles. The van der Waals surface area contributed by atoms with Crippen LogP contribution in [-0.4, -0.2) is 47.3 Å². The lowest BCUT2D eigenvalue weighted by Crippen LogP contribution is -2.41. The van der Waals surface area contributed by atoms with Crippen LogP contribution in [0.4, 0.5) is 0 Å². The predicted octanol–water partition coefficient (Wildman–Crippen LogP) is 3.21. The van der Waals surface area contributed by atoms with Gasteiger partial charge < -0.3 is 10.1 Å². The maximum absolute atomic E-state index is 12.9. The number of hydrogen-bond donors (Lipinski definition) is 1. The van der Waals surface area contributed by atoms with Crippen LogP contribution >= 0.6 is 0 Å². The maximum atomic E-state index is 12.9. The largest absolute Gasteiger partial charge is 0.453 e. The molecule has 1 saturated carbocycles. The second-order valence-corrected chi connectivity index (χ2v) is 8.20. The second-order valence-electron chi connectivity index (χ2n) is 8.20. The summed E-state index contributed by atoms with van der Waals surface area (Å²) in [5.74, 6) is -1.52. The molecule has 0 radical (unpaired) electrons. The summed E-state index contributed by atoms with van der Waals surface area (Å²) in [5.41, 5.74) is 0.986. The number of rotatable bonds is 7. The lowest BCUT2D eigenvalue weighted by atomic mass is 9.94. The van der Waals surface area contributed by atoms with Crippen molar-refractivity contribution in [3.8, 4) is 0 Å². The minimum atomic E-state index is -0.865. The SMILES string of the molecule is CC(OC(=O)CCCN1C(=O)c2cccc3cccc(c23)C1=O)C(=O)NC1CCCC1. The van der Waals surface area contributed by atoms with Gasteiger partial charge in [0, 0.05) is 35.5 Å². The lowest BCUT2D eigenvalue weighted by molar-refractivity contribution is -0.155. The molecule has 4 rings (SSSR count). The van der Waals surface area contributed by atoms with Gasteiger partial charge >= 0.3 is 5.97 Å². The van der Waals surface area contributed by atoms with Gasteiger partial charge in [-0.1, -0.05) is 37.1 Å². The molecule has 7 heteroatoms. The number of esters is 1. The van der Waals surface area contributed by atoms with Crippen LogP contribution in [-0.2, 0) is 14.3 Å². The highest BCUT2D eigenvalue weighted by Gasteiger charge is 2.32. The summed E-state index contributed by atoms with van der Waals surface area (Å²) >= 11 is 0. The van der Waals surface area contributed by atoms with E-state index in [4.69, 9.17) is 4.74 Å². The lowest BCUT2D eigenvalue weighted by Gasteiger charge is -2.27. The molecule has 0 spiro atoms. The minimum Gasteiger partial charge on any atom is -0.453 e. The van der Waals surface area contributed by atoms with Gasteiger partial charge in [-0.3, -0.25) is 24.1 Å². The zero-order chi connectivity index (χ0) is 22.0. The molecule has 2 aliphatic rings. The number of amides is 3. The molecule has 1 N–H and O–H groups in total. The molecular formula is C24H26N2O5. The number of nitrogens with one attached hydrogen (secondary N) is 1. The number of ether oxygens (including phenoxy) is 1. The fourth-order valence-corrected chi connectivity index (χ4v) is 4.36. The first kappa shape index (κ1) is 21.0. The van der Waals surface area contributed by atoms with Crippen LogP contribution in [0.3, 0.4) is 0 Å². The zero-order valence-corrected chi connectivity index (χ0v) is 17.6. The number of imide groups is 1. The molecule has 31 heavy (non-hydrogen) atoms. The molecule has 1 atom stereocenters. The Bertz CT molecular complexity index is 991. The van der Waals surface area contributed by atoms with Crippen LogP contribution in [0, 0.1) is 0 Å². The first-order valence-corrected chi connectivity index (χ1v) is 10.8. The molecule has 1 heterocycles. The van der Waals surface area contributed by atoms with Gasteiger partial charge in [0.15, 0.2) is 6.10 Å². The highest BCUT2D eigenvalue weighted by Crippen LogP contribution is 2.30. The summed E-state index contributed by atoms with van der Waals surface area (Å²) in [4.78, 5) is 51.2. The van der Waals surface area contributed by atoms with E-state index in [1.807, 2.05) is 12.1 Å². The Morgan fingerprint density at radius 2 is 1.68 bits per heavy atom. The van der Waals surface area contributed by atoms with Gasteiger partial charge in [0.05, 0.1) is 0 Å². The third-order valence-corrected chi connectivity index (χ3v) is 6.00. The van der Waals surface area contributed by atoms with Crippen molar-refractivity contribution in [2.75, 3.05) is 6.54 Å². The van der Waals surface area contributed by atoms with E-state index in [0.29, 0.717) is 16.5 Å². The Labute approximate surface area is 180 Å². The van der Waals surface area contributed by atoms with Crippen molar-refractivity contribution in [2.24, 2.45) is 0 Å². The third kappa shape index (κ3) is 4.31. The first-order chi connectivity index (χ1) is 15.0. The van der Waals surface area contributed by atoms with Crippen molar-refractivity contribution in [3.63, 3.8) is 0 Å². The highest BCUT2D eigenvalue weighted by atomic mass is 16.5. The minimum absolute atomic E-state index is 0.0178. The average molecular weight is 422 g/mol. The van der Waals surface area contributed by atoms with E-state index in [-0.39, 0.29) is 43.1 Å². The second kappa shape index (κ2) is 8.88. The summed E-state index contributed by atoms with van der Waals surface area (Å²) in [6, 6.07) is 10.9. The molecule has 0 bridgehead atoms. The fraction of sp³-hybridized carbons (Fsp3) is 0.417. The van der Waals surface area contributed by atoms with E-state index in [1.54, 1.807) is 31.2 Å². The topological polar surface area (TPSA) is 92.8 Å². The number of carbonyl (C=O) groups is 4. The van der Waals surface area contributed by atoms with Crippen LogP contribution < -0.4 is 5.32 Å². The first-order valence-electron chi connectivity index (χ1n) is 10.8. The van der Waals surface area contributed by atoms with Gasteiger partial charge in [-0.05, 0) is 43.7 Å². The molecule has 1 fully saturated rings. The number of hydrogen-bond acceptors (Lipinski definition) is 5. The predicted molar refractivity (Wildman–Crippen MR) is 115 cm³/mol. The molecule has 0 saturated heterocycles. The summed E-state index contributed by atoms with van der Waals surface area (Å²) < 4.78 is 5.23. The van der Waals surface area contributed by atoms with Crippen LogP contribution in [0.15, 0.2) is 36.4 Å². The van der Waals surface area contributed by atoms with Gasteiger partial charge in [0.2, 0.25) is 0 Å². The molecule has 0 aromatic heterocycles. The van der Waals surface area contributed by atoms with Crippen molar-refractivity contribution < 1.29 is 23.9 Å². The summed E-state index contributed by atoms with van der Waals surface area (Å²) in [6.45, 7) is 1.66. The van der Waals surface area contributed by atoms with Gasteiger partial charge in [-0.15, -0.1) is 0 Å². The van der Waals surface area contributed by atoms with Gasteiger partial charge in [-0.2, -0.15) is 0 Å². The Morgan fingerprint density at radius 3 is 2.29 bits per heavy atom. The van der Waals surface area contributed by atoms with Gasteiger partial charge in [0.25, 0.3) is 17.7 Å². The average Bonchev–Trinajstić information content (AvgIpc) is 3.27. The van der Waals surface area contributed by atoms with Crippen molar-refractivity contribution in [1.29, 1.82) is 0 Å². The van der Waals surface area contributed by atoms with E-state index in [9.17, 15) is 19.2 Å². The summed E-state index contributed by atoms with van der Waals surface area (Å²) in [5, 5.41) is 4.44. The van der Waals surface area contributed by atoms with Gasteiger partial charge in [-0.25, -0.2) is 0 Å². The van der Waals surface area contributed by atoms with Crippen LogP contribution in [0.2, 0.25) is 0 Å². The van der Waals surface area contributed by atoms with E-state index in [0.717, 1.165) is 31.1 Å². The maximum Gasteiger partial charge on any atom is 0.306 e. The Balaban J connectivity index is 1.31. The molecule has 1 aliphatic heterocycles. The summed E-state index contributed by atoms with van der Waals surface area (Å²) in [6.07, 6.45) is 3.55. The summed E-state index contributed by atoms with van der Waals surface area (Å²) in [7, 11) is 0. The van der Waals surface area contributed by atoms with Gasteiger partial charge in [0.1, 0.15) is 0 Å². The van der Waals surface area contributed by atoms with Crippen LogP contribution in [0.5, 0.6) is 0 Å². The normalized spacial score (nSPS) is 17.1. The zero-order valence-electron chi connectivity index (χ0n) is 17.6. The Morgan fingerprint density at radius 1 is 1.06 bits per heavy atom. The fourth-order valence-electron chi connectivity index (χ4n) is 4.36. The molecular weight excluding hydrogens is 396 g/mol. The number of benzene rings is 2. The highest BCUT2D eigenvalue weighted by molar-refractivity contribution is 6.25. The Hall–Kier alpha value is -3.22.